The third-order valence-electron chi connectivity index (χ3n) is 4.10. The fourth-order valence-corrected chi connectivity index (χ4v) is 2.88. The minimum atomic E-state index is -0.493. The number of amides is 1. The summed E-state index contributed by atoms with van der Waals surface area (Å²) in [5.41, 5.74) is 0.570. The van der Waals surface area contributed by atoms with Gasteiger partial charge < -0.3 is 10.4 Å². The number of aliphatic hydroxyl groups excluding tert-OH is 1. The number of benzene rings is 1. The Morgan fingerprint density at radius 2 is 2.19 bits per heavy atom. The molecule has 1 amide bonds. The molecule has 0 bridgehead atoms. The van der Waals surface area contributed by atoms with Gasteiger partial charge in [0.2, 0.25) is 5.91 Å². The molecule has 1 saturated carbocycles. The van der Waals surface area contributed by atoms with Crippen molar-refractivity contribution in [2.75, 3.05) is 6.61 Å². The van der Waals surface area contributed by atoms with Gasteiger partial charge in [0.15, 0.2) is 0 Å². The average Bonchev–Trinajstić information content (AvgIpc) is 3.21. The van der Waals surface area contributed by atoms with Crippen LogP contribution >= 0.6 is 11.6 Å². The average molecular weight is 310 g/mol. The van der Waals surface area contributed by atoms with Crippen molar-refractivity contribution in [3.05, 3.63) is 34.9 Å². The fraction of sp³-hybridized carbons (Fsp3) is 0.588. The fourth-order valence-electron chi connectivity index (χ4n) is 2.66. The first-order chi connectivity index (χ1) is 9.92. The second kappa shape index (κ2) is 6.80. The Balaban J connectivity index is 1.98. The lowest BCUT2D eigenvalue weighted by atomic mass is 9.84. The van der Waals surface area contributed by atoms with Gasteiger partial charge >= 0.3 is 0 Å². The van der Waals surface area contributed by atoms with Crippen molar-refractivity contribution in [3.63, 3.8) is 0 Å². The molecule has 1 atom stereocenters. The van der Waals surface area contributed by atoms with Gasteiger partial charge in [0, 0.05) is 23.1 Å². The third-order valence-corrected chi connectivity index (χ3v) is 4.33. The Bertz CT molecular complexity index is 497. The van der Waals surface area contributed by atoms with E-state index in [0.29, 0.717) is 23.8 Å². The monoisotopic (exact) mass is 309 g/mol. The van der Waals surface area contributed by atoms with E-state index in [0.717, 1.165) is 18.4 Å². The van der Waals surface area contributed by atoms with E-state index in [4.69, 9.17) is 16.7 Å². The Kier molecular flexibility index (Phi) is 5.28. The molecular formula is C17H24ClNO2. The van der Waals surface area contributed by atoms with Crippen LogP contribution in [0.5, 0.6) is 0 Å². The Morgan fingerprint density at radius 1 is 1.48 bits per heavy atom. The molecule has 2 N–H and O–H groups in total. The summed E-state index contributed by atoms with van der Waals surface area (Å²) in [6.07, 6.45) is 3.60. The van der Waals surface area contributed by atoms with Crippen molar-refractivity contribution in [3.8, 4) is 0 Å². The van der Waals surface area contributed by atoms with Crippen LogP contribution in [0, 0.1) is 11.3 Å². The molecule has 0 aromatic heterocycles. The number of rotatable bonds is 7. The third kappa shape index (κ3) is 4.72. The number of halogens is 1. The van der Waals surface area contributed by atoms with Gasteiger partial charge in [-0.25, -0.2) is 0 Å². The van der Waals surface area contributed by atoms with Gasteiger partial charge in [0.1, 0.15) is 0 Å². The standard InChI is InChI=1S/C17H24ClNO2/c1-17(2,11-12-4-3-5-14(18)10-12)16(21)19-15(8-9-20)13-6-7-13/h3-5,10,13,15,20H,6-9,11H2,1-2H3,(H,19,21). The highest BCUT2D eigenvalue weighted by Crippen LogP contribution is 2.34. The summed E-state index contributed by atoms with van der Waals surface area (Å²) >= 11 is 6.00. The largest absolute Gasteiger partial charge is 0.396 e. The molecule has 4 heteroatoms. The van der Waals surface area contributed by atoms with Crippen molar-refractivity contribution in [2.24, 2.45) is 11.3 Å². The van der Waals surface area contributed by atoms with Crippen LogP contribution in [-0.2, 0) is 11.2 Å². The lowest BCUT2D eigenvalue weighted by Crippen LogP contribution is -2.45. The highest BCUT2D eigenvalue weighted by molar-refractivity contribution is 6.30. The Morgan fingerprint density at radius 3 is 2.76 bits per heavy atom. The van der Waals surface area contributed by atoms with Crippen molar-refractivity contribution in [1.82, 2.24) is 5.32 Å². The number of carbonyl (C=O) groups excluding carboxylic acids is 1. The van der Waals surface area contributed by atoms with E-state index in [9.17, 15) is 4.79 Å². The van der Waals surface area contributed by atoms with Crippen molar-refractivity contribution in [2.45, 2.75) is 45.6 Å². The smallest absolute Gasteiger partial charge is 0.226 e. The second-order valence-corrected chi connectivity index (χ2v) is 7.06. The zero-order chi connectivity index (χ0) is 15.5. The first kappa shape index (κ1) is 16.3. The maximum absolute atomic E-state index is 12.5. The van der Waals surface area contributed by atoms with E-state index >= 15 is 0 Å². The summed E-state index contributed by atoms with van der Waals surface area (Å²) in [6, 6.07) is 7.75. The van der Waals surface area contributed by atoms with Gasteiger partial charge in [0.05, 0.1) is 0 Å². The predicted octanol–water partition coefficient (Wildman–Crippen LogP) is 3.19. The van der Waals surface area contributed by atoms with E-state index in [-0.39, 0.29) is 18.6 Å². The summed E-state index contributed by atoms with van der Waals surface area (Å²) in [7, 11) is 0. The quantitative estimate of drug-likeness (QED) is 0.812. The van der Waals surface area contributed by atoms with Crippen LogP contribution in [0.2, 0.25) is 5.02 Å². The maximum atomic E-state index is 12.5. The molecule has 0 spiro atoms. The van der Waals surface area contributed by atoms with Gasteiger partial charge in [-0.05, 0) is 49.3 Å². The van der Waals surface area contributed by atoms with Crippen LogP contribution in [-0.4, -0.2) is 23.7 Å². The molecule has 21 heavy (non-hydrogen) atoms. The Hall–Kier alpha value is -1.06. The van der Waals surface area contributed by atoms with Crippen LogP contribution in [0.4, 0.5) is 0 Å². The molecule has 3 nitrogen and oxygen atoms in total. The summed E-state index contributed by atoms with van der Waals surface area (Å²) < 4.78 is 0. The summed E-state index contributed by atoms with van der Waals surface area (Å²) in [6.45, 7) is 4.02. The molecule has 1 aliphatic rings. The van der Waals surface area contributed by atoms with Gasteiger partial charge in [-0.1, -0.05) is 37.6 Å². The van der Waals surface area contributed by atoms with Gasteiger partial charge in [-0.15, -0.1) is 0 Å². The summed E-state index contributed by atoms with van der Waals surface area (Å²) in [5.74, 6) is 0.593. The SMILES string of the molecule is CC(C)(Cc1cccc(Cl)c1)C(=O)NC(CCO)C1CC1. The van der Waals surface area contributed by atoms with Gasteiger partial charge in [-0.3, -0.25) is 4.79 Å². The molecule has 0 aliphatic heterocycles. The Labute approximate surface area is 131 Å². The molecule has 116 valence electrons. The number of carbonyl (C=O) groups is 1. The molecular weight excluding hydrogens is 286 g/mol. The summed E-state index contributed by atoms with van der Waals surface area (Å²) in [4.78, 5) is 12.5. The van der Waals surface area contributed by atoms with Gasteiger partial charge in [0.25, 0.3) is 0 Å². The molecule has 1 unspecified atom stereocenters. The first-order valence-corrected chi connectivity index (χ1v) is 7.96. The molecule has 1 aromatic rings. The molecule has 1 aliphatic carbocycles. The van der Waals surface area contributed by atoms with Crippen molar-refractivity contribution in [1.29, 1.82) is 0 Å². The molecule has 0 heterocycles. The normalized spacial score (nSPS) is 16.6. The minimum absolute atomic E-state index is 0.0489. The first-order valence-electron chi connectivity index (χ1n) is 7.58. The number of nitrogens with one attached hydrogen (secondary N) is 1. The number of hydrogen-bond acceptors (Lipinski definition) is 2. The van der Waals surface area contributed by atoms with Crippen molar-refractivity contribution < 1.29 is 9.90 Å². The predicted molar refractivity (Wildman–Crippen MR) is 85.3 cm³/mol. The maximum Gasteiger partial charge on any atom is 0.226 e. The van der Waals surface area contributed by atoms with E-state index < -0.39 is 5.41 Å². The van der Waals surface area contributed by atoms with Crippen LogP contribution in [0.1, 0.15) is 38.7 Å². The number of hydrogen-bond donors (Lipinski definition) is 2. The molecule has 0 radical (unpaired) electrons. The summed E-state index contributed by atoms with van der Waals surface area (Å²) in [5, 5.41) is 12.9. The lowest BCUT2D eigenvalue weighted by Gasteiger charge is -2.27. The van der Waals surface area contributed by atoms with E-state index in [1.165, 1.54) is 0 Å². The topological polar surface area (TPSA) is 49.3 Å². The molecule has 2 rings (SSSR count). The van der Waals surface area contributed by atoms with E-state index in [1.54, 1.807) is 0 Å². The second-order valence-electron chi connectivity index (χ2n) is 6.62. The number of aliphatic hydroxyl groups is 1. The molecule has 1 fully saturated rings. The van der Waals surface area contributed by atoms with E-state index in [1.807, 2.05) is 38.1 Å². The van der Waals surface area contributed by atoms with Crippen LogP contribution in [0.3, 0.4) is 0 Å². The van der Waals surface area contributed by atoms with Gasteiger partial charge in [-0.2, -0.15) is 0 Å². The lowest BCUT2D eigenvalue weighted by molar-refractivity contribution is -0.130. The van der Waals surface area contributed by atoms with Crippen LogP contribution in [0.25, 0.3) is 0 Å². The highest BCUT2D eigenvalue weighted by atomic mass is 35.5. The zero-order valence-electron chi connectivity index (χ0n) is 12.7. The zero-order valence-corrected chi connectivity index (χ0v) is 13.5. The van der Waals surface area contributed by atoms with Crippen LogP contribution in [0.15, 0.2) is 24.3 Å². The minimum Gasteiger partial charge on any atom is -0.396 e. The molecule has 0 saturated heterocycles. The highest BCUT2D eigenvalue weighted by Gasteiger charge is 2.35. The van der Waals surface area contributed by atoms with E-state index in [2.05, 4.69) is 5.32 Å². The van der Waals surface area contributed by atoms with Crippen LogP contribution < -0.4 is 5.32 Å². The van der Waals surface area contributed by atoms with Crippen molar-refractivity contribution >= 4 is 17.5 Å². The molecule has 1 aromatic carbocycles.